The minimum atomic E-state index is -1.18. The molecular formula is C4H7NO4. The predicted molar refractivity (Wildman–Crippen MR) is 27.6 cm³/mol. The van der Waals surface area contributed by atoms with Gasteiger partial charge >= 0.3 is 0 Å². The molecule has 52 valence electrons. The van der Waals surface area contributed by atoms with E-state index in [0.717, 1.165) is 0 Å². The molecule has 5 nitrogen and oxygen atoms in total. The van der Waals surface area contributed by atoms with Gasteiger partial charge in [0.1, 0.15) is 0 Å². The molecule has 1 heterocycles. The molecule has 1 fully saturated rings. The first-order chi connectivity index (χ1) is 4.12. The Morgan fingerprint density at radius 1 is 1.78 bits per heavy atom. The fourth-order valence-electron chi connectivity index (χ4n) is 0.669. The predicted octanol–water partition coefficient (Wildman–Crippen LogP) is -0.976. The number of hydrogen-bond acceptors (Lipinski definition) is 4. The highest BCUT2D eigenvalue weighted by molar-refractivity contribution is 4.83. The van der Waals surface area contributed by atoms with E-state index in [2.05, 4.69) is 4.74 Å². The van der Waals surface area contributed by atoms with Crippen LogP contribution in [0.2, 0.25) is 0 Å². The maximum Gasteiger partial charge on any atom is 0.236 e. The van der Waals surface area contributed by atoms with Crippen LogP contribution in [0.25, 0.3) is 0 Å². The normalized spacial score (nSPS) is 22.8. The highest BCUT2D eigenvalue weighted by atomic mass is 16.6. The van der Waals surface area contributed by atoms with Crippen LogP contribution in [0.15, 0.2) is 0 Å². The van der Waals surface area contributed by atoms with Gasteiger partial charge in [-0.1, -0.05) is 0 Å². The van der Waals surface area contributed by atoms with Crippen molar-refractivity contribution in [1.29, 1.82) is 0 Å². The summed E-state index contributed by atoms with van der Waals surface area (Å²) < 4.78 is 4.58. The maximum atomic E-state index is 9.80. The molecule has 1 rings (SSSR count). The molecule has 0 aliphatic carbocycles. The van der Waals surface area contributed by atoms with Crippen LogP contribution in [-0.4, -0.2) is 35.4 Å². The molecular weight excluding hydrogens is 126 g/mol. The molecule has 9 heavy (non-hydrogen) atoms. The number of hydrogen-bond donors (Lipinski definition) is 1. The smallest absolute Gasteiger partial charge is 0.236 e. The summed E-state index contributed by atoms with van der Waals surface area (Å²) >= 11 is 0. The highest BCUT2D eigenvalue weighted by Gasteiger charge is 2.41. The Balaban J connectivity index is 2.33. The summed E-state index contributed by atoms with van der Waals surface area (Å²) in [7, 11) is 0. The molecule has 0 aromatic rings. The summed E-state index contributed by atoms with van der Waals surface area (Å²) in [5.74, 6) is 0. The zero-order chi connectivity index (χ0) is 6.91. The monoisotopic (exact) mass is 133 g/mol. The molecule has 0 spiro atoms. The number of ether oxygens (including phenoxy) is 1. The van der Waals surface area contributed by atoms with Crippen molar-refractivity contribution >= 4 is 0 Å². The van der Waals surface area contributed by atoms with Crippen LogP contribution in [0.1, 0.15) is 0 Å². The summed E-state index contributed by atoms with van der Waals surface area (Å²) in [6.07, 6.45) is 0. The van der Waals surface area contributed by atoms with Crippen LogP contribution in [-0.2, 0) is 4.74 Å². The number of aliphatic hydroxyl groups is 1. The molecule has 0 amide bonds. The van der Waals surface area contributed by atoms with Crippen molar-refractivity contribution in [3.05, 3.63) is 10.1 Å². The number of rotatable bonds is 2. The SMILES string of the molecule is O=[N+]([O-])CC1(O)COC1. The lowest BCUT2D eigenvalue weighted by Crippen LogP contribution is -2.54. The van der Waals surface area contributed by atoms with E-state index in [9.17, 15) is 10.1 Å². The van der Waals surface area contributed by atoms with Gasteiger partial charge in [-0.2, -0.15) is 0 Å². The van der Waals surface area contributed by atoms with Gasteiger partial charge in [-0.3, -0.25) is 10.1 Å². The van der Waals surface area contributed by atoms with Gasteiger partial charge in [-0.05, 0) is 0 Å². The van der Waals surface area contributed by atoms with E-state index in [1.54, 1.807) is 0 Å². The largest absolute Gasteiger partial charge is 0.379 e. The van der Waals surface area contributed by atoms with E-state index in [4.69, 9.17) is 5.11 Å². The van der Waals surface area contributed by atoms with E-state index in [-0.39, 0.29) is 13.2 Å². The van der Waals surface area contributed by atoms with Crippen LogP contribution < -0.4 is 0 Å². The second-order valence-electron chi connectivity index (χ2n) is 2.21. The van der Waals surface area contributed by atoms with Gasteiger partial charge in [0, 0.05) is 4.92 Å². The zero-order valence-electron chi connectivity index (χ0n) is 4.74. The van der Waals surface area contributed by atoms with Crippen molar-refractivity contribution < 1.29 is 14.8 Å². The minimum Gasteiger partial charge on any atom is -0.379 e. The first-order valence-corrected chi connectivity index (χ1v) is 2.54. The molecule has 0 atom stereocenters. The lowest BCUT2D eigenvalue weighted by atomic mass is 10.0. The fraction of sp³-hybridized carbons (Fsp3) is 1.00. The van der Waals surface area contributed by atoms with Crippen LogP contribution in [0.3, 0.4) is 0 Å². The van der Waals surface area contributed by atoms with Crippen molar-refractivity contribution in [3.63, 3.8) is 0 Å². The zero-order valence-corrected chi connectivity index (χ0v) is 4.74. The molecule has 0 aromatic heterocycles. The van der Waals surface area contributed by atoms with Crippen LogP contribution >= 0.6 is 0 Å². The topological polar surface area (TPSA) is 72.6 Å². The van der Waals surface area contributed by atoms with E-state index in [1.165, 1.54) is 0 Å². The highest BCUT2D eigenvalue weighted by Crippen LogP contribution is 2.15. The van der Waals surface area contributed by atoms with Crippen molar-refractivity contribution in [2.45, 2.75) is 5.60 Å². The van der Waals surface area contributed by atoms with Crippen molar-refractivity contribution in [2.75, 3.05) is 19.8 Å². The van der Waals surface area contributed by atoms with Crippen LogP contribution in [0.5, 0.6) is 0 Å². The Hall–Kier alpha value is -0.680. The quantitative estimate of drug-likeness (QED) is 0.388. The first-order valence-electron chi connectivity index (χ1n) is 2.54. The molecule has 1 aliphatic rings. The van der Waals surface area contributed by atoms with E-state index >= 15 is 0 Å². The van der Waals surface area contributed by atoms with E-state index in [0.29, 0.717) is 0 Å². The third-order valence-electron chi connectivity index (χ3n) is 1.16. The molecule has 0 saturated carbocycles. The van der Waals surface area contributed by atoms with Crippen molar-refractivity contribution in [2.24, 2.45) is 0 Å². The van der Waals surface area contributed by atoms with Gasteiger partial charge < -0.3 is 9.84 Å². The lowest BCUT2D eigenvalue weighted by molar-refractivity contribution is -0.511. The average molecular weight is 133 g/mol. The maximum absolute atomic E-state index is 9.80. The summed E-state index contributed by atoms with van der Waals surface area (Å²) in [6.45, 7) is -0.227. The summed E-state index contributed by atoms with van der Waals surface area (Å²) in [4.78, 5) is 9.26. The molecule has 1 N–H and O–H groups in total. The third kappa shape index (κ3) is 1.36. The molecule has 0 unspecified atom stereocenters. The first kappa shape index (κ1) is 6.44. The van der Waals surface area contributed by atoms with Gasteiger partial charge in [0.15, 0.2) is 5.60 Å². The summed E-state index contributed by atoms with van der Waals surface area (Å²) in [5, 5.41) is 18.8. The van der Waals surface area contributed by atoms with Gasteiger partial charge in [0.25, 0.3) is 0 Å². The Kier molecular flexibility index (Phi) is 1.38. The lowest BCUT2D eigenvalue weighted by Gasteiger charge is -2.32. The third-order valence-corrected chi connectivity index (χ3v) is 1.16. The fourth-order valence-corrected chi connectivity index (χ4v) is 0.669. The molecule has 5 heteroatoms. The Bertz CT molecular complexity index is 131. The van der Waals surface area contributed by atoms with E-state index in [1.807, 2.05) is 0 Å². The molecule has 1 aliphatic heterocycles. The summed E-state index contributed by atoms with van der Waals surface area (Å²) in [5.41, 5.74) is -1.18. The van der Waals surface area contributed by atoms with Gasteiger partial charge in [0.2, 0.25) is 6.54 Å². The average Bonchev–Trinajstić information content (AvgIpc) is 1.60. The summed E-state index contributed by atoms with van der Waals surface area (Å²) in [6, 6.07) is 0. The van der Waals surface area contributed by atoms with Crippen molar-refractivity contribution in [3.8, 4) is 0 Å². The molecule has 0 radical (unpaired) electrons. The standard InChI is InChI=1S/C4H7NO4/c6-4(1-5(7)8)2-9-3-4/h6H,1-3H2. The second-order valence-corrected chi connectivity index (χ2v) is 2.21. The van der Waals surface area contributed by atoms with Crippen LogP contribution in [0, 0.1) is 10.1 Å². The molecule has 0 aromatic carbocycles. The van der Waals surface area contributed by atoms with Crippen LogP contribution in [0.4, 0.5) is 0 Å². The van der Waals surface area contributed by atoms with E-state index < -0.39 is 17.1 Å². The van der Waals surface area contributed by atoms with Crippen molar-refractivity contribution in [1.82, 2.24) is 0 Å². The minimum absolute atomic E-state index is 0.0913. The van der Waals surface area contributed by atoms with Gasteiger partial charge in [0.05, 0.1) is 13.2 Å². The molecule has 1 saturated heterocycles. The molecule has 0 bridgehead atoms. The number of nitrogens with zero attached hydrogens (tertiary/aromatic N) is 1. The second kappa shape index (κ2) is 1.93. The van der Waals surface area contributed by atoms with Gasteiger partial charge in [-0.25, -0.2) is 0 Å². The number of nitro groups is 1. The van der Waals surface area contributed by atoms with Gasteiger partial charge in [-0.15, -0.1) is 0 Å². The Morgan fingerprint density at radius 2 is 2.33 bits per heavy atom. The Labute approximate surface area is 51.4 Å². The Morgan fingerprint density at radius 3 is 2.44 bits per heavy atom.